The molecule has 2 nitrogen and oxygen atoms in total. The molecule has 0 aliphatic carbocycles. The molecule has 12 heavy (non-hydrogen) atoms. The molecule has 0 radical (unpaired) electrons. The molecule has 3 heteroatoms. The van der Waals surface area contributed by atoms with E-state index in [4.69, 9.17) is 0 Å². The van der Waals surface area contributed by atoms with Gasteiger partial charge in [0.05, 0.1) is 6.61 Å². The largest absolute Gasteiger partial charge is 0.463 e. The molecule has 0 aromatic heterocycles. The Morgan fingerprint density at radius 2 is 2.33 bits per heavy atom. The lowest BCUT2D eigenvalue weighted by atomic mass is 10.3. The molecule has 0 amide bonds. The number of carbonyl (C=O) groups excluding carboxylic acids is 1. The van der Waals surface area contributed by atoms with Crippen LogP contribution >= 0.6 is 15.9 Å². The third-order valence-corrected chi connectivity index (χ3v) is 1.52. The molecule has 0 aromatic carbocycles. The van der Waals surface area contributed by atoms with Crippen molar-refractivity contribution in [2.24, 2.45) is 0 Å². The predicted octanol–water partition coefficient (Wildman–Crippen LogP) is 2.79. The summed E-state index contributed by atoms with van der Waals surface area (Å²) in [5, 5.41) is 0. The van der Waals surface area contributed by atoms with E-state index in [0.717, 1.165) is 17.3 Å². The summed E-state index contributed by atoms with van der Waals surface area (Å²) in [4.78, 5) is 10.7. The second-order valence-electron chi connectivity index (χ2n) is 2.21. The molecule has 0 aromatic rings. The van der Waals surface area contributed by atoms with Gasteiger partial charge in [-0.25, -0.2) is 4.79 Å². The van der Waals surface area contributed by atoms with Crippen molar-refractivity contribution in [1.82, 2.24) is 0 Å². The van der Waals surface area contributed by atoms with E-state index in [0.29, 0.717) is 6.61 Å². The molecule has 0 N–H and O–H groups in total. The standard InChI is InChI=1S/C9H13BrO2/c1-3-12-9(11)7-5-4-6-8(2)10/h5,7H,2-4,6H2,1H3/b7-5+. The van der Waals surface area contributed by atoms with Gasteiger partial charge in [-0.05, 0) is 24.2 Å². The van der Waals surface area contributed by atoms with Crippen LogP contribution in [0.4, 0.5) is 0 Å². The van der Waals surface area contributed by atoms with Gasteiger partial charge in [0, 0.05) is 6.08 Å². The van der Waals surface area contributed by atoms with E-state index in [1.165, 1.54) is 6.08 Å². The number of allylic oxidation sites excluding steroid dienone is 2. The second-order valence-corrected chi connectivity index (χ2v) is 3.33. The summed E-state index contributed by atoms with van der Waals surface area (Å²) in [6, 6.07) is 0. The smallest absolute Gasteiger partial charge is 0.330 e. The highest BCUT2D eigenvalue weighted by atomic mass is 79.9. The van der Waals surface area contributed by atoms with Gasteiger partial charge < -0.3 is 4.74 Å². The molecular formula is C9H13BrO2. The molecule has 0 atom stereocenters. The first-order chi connectivity index (χ1) is 5.66. The first-order valence-corrected chi connectivity index (χ1v) is 4.62. The molecule has 0 heterocycles. The number of carbonyl (C=O) groups is 1. The monoisotopic (exact) mass is 232 g/mol. The second kappa shape index (κ2) is 7.10. The van der Waals surface area contributed by atoms with E-state index < -0.39 is 0 Å². The molecule has 0 spiro atoms. The van der Waals surface area contributed by atoms with Crippen molar-refractivity contribution < 1.29 is 9.53 Å². The van der Waals surface area contributed by atoms with Gasteiger partial charge in [0.2, 0.25) is 0 Å². The van der Waals surface area contributed by atoms with Crippen LogP contribution in [-0.2, 0) is 9.53 Å². The number of esters is 1. The van der Waals surface area contributed by atoms with E-state index in [2.05, 4.69) is 27.2 Å². The Kier molecular flexibility index (Phi) is 6.76. The van der Waals surface area contributed by atoms with Crippen LogP contribution in [0.3, 0.4) is 0 Å². The first kappa shape index (κ1) is 11.4. The van der Waals surface area contributed by atoms with Crippen molar-refractivity contribution in [2.45, 2.75) is 19.8 Å². The summed E-state index contributed by atoms with van der Waals surface area (Å²) in [5.41, 5.74) is 0. The lowest BCUT2D eigenvalue weighted by Gasteiger charge is -1.94. The van der Waals surface area contributed by atoms with Gasteiger partial charge in [-0.3, -0.25) is 0 Å². The summed E-state index contributed by atoms with van der Waals surface area (Å²) in [6.07, 6.45) is 4.88. The van der Waals surface area contributed by atoms with Crippen molar-refractivity contribution in [1.29, 1.82) is 0 Å². The predicted molar refractivity (Wildman–Crippen MR) is 53.1 cm³/mol. The minimum absolute atomic E-state index is 0.280. The van der Waals surface area contributed by atoms with Gasteiger partial charge in [-0.1, -0.05) is 28.6 Å². The quantitative estimate of drug-likeness (QED) is 0.539. The van der Waals surface area contributed by atoms with Gasteiger partial charge in [-0.2, -0.15) is 0 Å². The minimum Gasteiger partial charge on any atom is -0.463 e. The molecule has 68 valence electrons. The van der Waals surface area contributed by atoms with Crippen LogP contribution in [0, 0.1) is 0 Å². The van der Waals surface area contributed by atoms with E-state index in [1.54, 1.807) is 13.0 Å². The summed E-state index contributed by atoms with van der Waals surface area (Å²) in [5.74, 6) is -0.280. The van der Waals surface area contributed by atoms with E-state index >= 15 is 0 Å². The third kappa shape index (κ3) is 7.54. The van der Waals surface area contributed by atoms with Crippen molar-refractivity contribution in [3.63, 3.8) is 0 Å². The fourth-order valence-electron chi connectivity index (χ4n) is 0.610. The summed E-state index contributed by atoms with van der Waals surface area (Å²) < 4.78 is 5.63. The van der Waals surface area contributed by atoms with Crippen molar-refractivity contribution in [2.75, 3.05) is 6.61 Å². The van der Waals surface area contributed by atoms with Crippen LogP contribution in [0.25, 0.3) is 0 Å². The Balaban J connectivity index is 3.48. The normalized spacial score (nSPS) is 10.2. The fraction of sp³-hybridized carbons (Fsp3) is 0.444. The van der Waals surface area contributed by atoms with Crippen molar-refractivity contribution in [3.8, 4) is 0 Å². The Morgan fingerprint density at radius 1 is 1.67 bits per heavy atom. The SMILES string of the molecule is C=C(Br)CC/C=C/C(=O)OCC. The van der Waals surface area contributed by atoms with Crippen LogP contribution in [-0.4, -0.2) is 12.6 Å². The van der Waals surface area contributed by atoms with Gasteiger partial charge in [0.25, 0.3) is 0 Å². The van der Waals surface area contributed by atoms with Gasteiger partial charge in [0.1, 0.15) is 0 Å². The number of hydrogen-bond acceptors (Lipinski definition) is 2. The van der Waals surface area contributed by atoms with Crippen LogP contribution < -0.4 is 0 Å². The number of halogens is 1. The molecule has 0 fully saturated rings. The Hall–Kier alpha value is -0.570. The average Bonchev–Trinajstić information content (AvgIpc) is 1.98. The maximum Gasteiger partial charge on any atom is 0.330 e. The van der Waals surface area contributed by atoms with Crippen LogP contribution in [0.5, 0.6) is 0 Å². The number of rotatable bonds is 5. The maximum absolute atomic E-state index is 10.7. The minimum atomic E-state index is -0.280. The first-order valence-electron chi connectivity index (χ1n) is 3.83. The van der Waals surface area contributed by atoms with E-state index in [9.17, 15) is 4.79 Å². The third-order valence-electron chi connectivity index (χ3n) is 1.12. The maximum atomic E-state index is 10.7. The highest BCUT2D eigenvalue weighted by molar-refractivity contribution is 9.11. The molecule has 0 aliphatic heterocycles. The topological polar surface area (TPSA) is 26.3 Å². The van der Waals surface area contributed by atoms with Gasteiger partial charge in [0.15, 0.2) is 0 Å². The molecule has 0 saturated carbocycles. The zero-order valence-corrected chi connectivity index (χ0v) is 8.76. The molecule has 0 rings (SSSR count). The fourth-order valence-corrected chi connectivity index (χ4v) is 0.839. The van der Waals surface area contributed by atoms with E-state index in [1.807, 2.05) is 0 Å². The number of ether oxygens (including phenoxy) is 1. The highest BCUT2D eigenvalue weighted by Crippen LogP contribution is 2.09. The molecule has 0 bridgehead atoms. The molecule has 0 saturated heterocycles. The molecule has 0 aliphatic rings. The van der Waals surface area contributed by atoms with Crippen molar-refractivity contribution >= 4 is 21.9 Å². The van der Waals surface area contributed by atoms with Crippen LogP contribution in [0.1, 0.15) is 19.8 Å². The summed E-state index contributed by atoms with van der Waals surface area (Å²) in [7, 11) is 0. The van der Waals surface area contributed by atoms with Crippen LogP contribution in [0.2, 0.25) is 0 Å². The van der Waals surface area contributed by atoms with Crippen molar-refractivity contribution in [3.05, 3.63) is 23.2 Å². The summed E-state index contributed by atoms with van der Waals surface area (Å²) >= 11 is 3.23. The number of hydrogen-bond donors (Lipinski definition) is 0. The van der Waals surface area contributed by atoms with Gasteiger partial charge >= 0.3 is 5.97 Å². The zero-order chi connectivity index (χ0) is 9.40. The Labute approximate surface area is 81.4 Å². The highest BCUT2D eigenvalue weighted by Gasteiger charge is 1.92. The van der Waals surface area contributed by atoms with E-state index in [-0.39, 0.29) is 5.97 Å². The Morgan fingerprint density at radius 3 is 2.83 bits per heavy atom. The molecule has 0 unspecified atom stereocenters. The lowest BCUT2D eigenvalue weighted by Crippen LogP contribution is -1.98. The Bertz CT molecular complexity index is 185. The van der Waals surface area contributed by atoms with Crippen LogP contribution in [0.15, 0.2) is 23.2 Å². The summed E-state index contributed by atoms with van der Waals surface area (Å²) in [6.45, 7) is 5.88. The van der Waals surface area contributed by atoms with Gasteiger partial charge in [-0.15, -0.1) is 0 Å². The molecular weight excluding hydrogens is 220 g/mol. The zero-order valence-electron chi connectivity index (χ0n) is 7.18. The average molecular weight is 233 g/mol. The lowest BCUT2D eigenvalue weighted by molar-refractivity contribution is -0.137.